The van der Waals surface area contributed by atoms with Gasteiger partial charge in [-0.1, -0.05) is 129 Å². The van der Waals surface area contributed by atoms with Crippen molar-refractivity contribution in [2.75, 3.05) is 0 Å². The Morgan fingerprint density at radius 1 is 0.471 bits per heavy atom. The quantitative estimate of drug-likeness (QED) is 0.253. The third kappa shape index (κ3) is 3.38. The second-order valence-corrected chi connectivity index (χ2v) is 10.0. The highest BCUT2D eigenvalue weighted by atomic mass is 35.5. The van der Waals surface area contributed by atoms with E-state index in [0.29, 0.717) is 0 Å². The van der Waals surface area contributed by atoms with Crippen LogP contribution in [0.5, 0.6) is 0 Å². The van der Waals surface area contributed by atoms with Gasteiger partial charge in [-0.2, -0.15) is 0 Å². The fourth-order valence-corrected chi connectivity index (χ4v) is 5.50. The Morgan fingerprint density at radius 2 is 1.03 bits per heavy atom. The van der Waals surface area contributed by atoms with Gasteiger partial charge in [-0.05, 0) is 67.8 Å². The van der Waals surface area contributed by atoms with Gasteiger partial charge in [-0.15, -0.1) is 0 Å². The summed E-state index contributed by atoms with van der Waals surface area (Å²) < 4.78 is 0. The lowest BCUT2D eigenvalue weighted by atomic mass is 9.82. The van der Waals surface area contributed by atoms with Gasteiger partial charge >= 0.3 is 0 Å². The fourth-order valence-electron chi connectivity index (χ4n) is 5.33. The molecule has 0 atom stereocenters. The Balaban J connectivity index is 1.37. The summed E-state index contributed by atoms with van der Waals surface area (Å²) in [6.45, 7) is 4.58. The first-order valence-electron chi connectivity index (χ1n) is 11.7. The summed E-state index contributed by atoms with van der Waals surface area (Å²) in [7, 11) is 0. The molecule has 0 heterocycles. The zero-order valence-electron chi connectivity index (χ0n) is 19.3. The van der Waals surface area contributed by atoms with E-state index in [0.717, 1.165) is 5.02 Å². The van der Waals surface area contributed by atoms with Crippen LogP contribution in [0.4, 0.5) is 0 Å². The first-order chi connectivity index (χ1) is 16.5. The topological polar surface area (TPSA) is 0 Å². The maximum absolute atomic E-state index is 6.37. The molecular weight excluding hydrogens is 432 g/mol. The van der Waals surface area contributed by atoms with Crippen molar-refractivity contribution >= 4 is 11.6 Å². The van der Waals surface area contributed by atoms with Crippen LogP contribution in [0.15, 0.2) is 115 Å². The van der Waals surface area contributed by atoms with Crippen molar-refractivity contribution in [1.29, 1.82) is 0 Å². The van der Waals surface area contributed by atoms with Crippen LogP contribution in [0.2, 0.25) is 5.02 Å². The standard InChI is InChI=1S/C33H25Cl/c1-33(2)30-10-6-9-28(32(30)29-20-19-27(34)21-31(29)33)26-17-15-25(16-18-26)24-13-11-23(12-14-24)22-7-4-3-5-8-22/h3-21H,1-2H3. The van der Waals surface area contributed by atoms with E-state index in [2.05, 4.69) is 123 Å². The average Bonchev–Trinajstić information content (AvgIpc) is 3.11. The number of benzene rings is 5. The molecular formula is C33H25Cl. The molecule has 5 aromatic carbocycles. The summed E-state index contributed by atoms with van der Waals surface area (Å²) >= 11 is 6.37. The highest BCUT2D eigenvalue weighted by molar-refractivity contribution is 6.30. The SMILES string of the molecule is CC1(C)c2cc(Cl)ccc2-c2c(-c3ccc(-c4ccc(-c5ccccc5)cc4)cc3)cccc21. The normalized spacial score (nSPS) is 13.4. The number of rotatable bonds is 3. The molecule has 0 bridgehead atoms. The van der Waals surface area contributed by atoms with Gasteiger partial charge in [0.15, 0.2) is 0 Å². The summed E-state index contributed by atoms with van der Waals surface area (Å²) in [5.41, 5.74) is 12.7. The van der Waals surface area contributed by atoms with Crippen molar-refractivity contribution < 1.29 is 0 Å². The predicted octanol–water partition coefficient (Wildman–Crippen LogP) is 9.65. The number of hydrogen-bond donors (Lipinski definition) is 0. The van der Waals surface area contributed by atoms with Crippen LogP contribution in [0, 0.1) is 0 Å². The molecule has 0 radical (unpaired) electrons. The number of halogens is 1. The summed E-state index contributed by atoms with van der Waals surface area (Å²) in [6.07, 6.45) is 0. The molecule has 0 fully saturated rings. The van der Waals surface area contributed by atoms with Gasteiger partial charge in [0.25, 0.3) is 0 Å². The number of hydrogen-bond acceptors (Lipinski definition) is 0. The van der Waals surface area contributed by atoms with Gasteiger partial charge < -0.3 is 0 Å². The Hall–Kier alpha value is -3.61. The van der Waals surface area contributed by atoms with E-state index in [1.165, 1.54) is 55.6 Å². The lowest BCUT2D eigenvalue weighted by Crippen LogP contribution is -2.14. The lowest BCUT2D eigenvalue weighted by molar-refractivity contribution is 0.660. The van der Waals surface area contributed by atoms with Crippen LogP contribution < -0.4 is 0 Å². The molecule has 0 amide bonds. The maximum Gasteiger partial charge on any atom is 0.0409 e. The lowest BCUT2D eigenvalue weighted by Gasteiger charge is -2.21. The van der Waals surface area contributed by atoms with Gasteiger partial charge in [-0.3, -0.25) is 0 Å². The third-order valence-electron chi connectivity index (χ3n) is 7.18. The van der Waals surface area contributed by atoms with Gasteiger partial charge in [0.05, 0.1) is 0 Å². The zero-order valence-corrected chi connectivity index (χ0v) is 20.1. The predicted molar refractivity (Wildman–Crippen MR) is 145 cm³/mol. The van der Waals surface area contributed by atoms with Gasteiger partial charge in [-0.25, -0.2) is 0 Å². The van der Waals surface area contributed by atoms with Crippen LogP contribution in [0.3, 0.4) is 0 Å². The second kappa shape index (κ2) is 8.01. The molecule has 1 aliphatic carbocycles. The van der Waals surface area contributed by atoms with Gasteiger partial charge in [0.1, 0.15) is 0 Å². The Bertz CT molecular complexity index is 1490. The minimum Gasteiger partial charge on any atom is -0.0843 e. The highest BCUT2D eigenvalue weighted by Crippen LogP contribution is 2.52. The van der Waals surface area contributed by atoms with E-state index in [-0.39, 0.29) is 5.41 Å². The van der Waals surface area contributed by atoms with E-state index in [4.69, 9.17) is 11.6 Å². The van der Waals surface area contributed by atoms with Crippen molar-refractivity contribution in [3.05, 3.63) is 131 Å². The molecule has 1 heteroatoms. The van der Waals surface area contributed by atoms with Crippen molar-refractivity contribution in [2.24, 2.45) is 0 Å². The molecule has 0 unspecified atom stereocenters. The first kappa shape index (κ1) is 21.0. The molecule has 5 aromatic rings. The van der Waals surface area contributed by atoms with Crippen LogP contribution in [-0.4, -0.2) is 0 Å². The zero-order chi connectivity index (χ0) is 23.3. The molecule has 0 saturated heterocycles. The second-order valence-electron chi connectivity index (χ2n) is 9.56. The van der Waals surface area contributed by atoms with Crippen LogP contribution in [0.25, 0.3) is 44.5 Å². The van der Waals surface area contributed by atoms with Crippen molar-refractivity contribution in [2.45, 2.75) is 19.3 Å². The van der Waals surface area contributed by atoms with Crippen molar-refractivity contribution in [3.63, 3.8) is 0 Å². The van der Waals surface area contributed by atoms with E-state index in [1.54, 1.807) is 0 Å². The molecule has 0 aromatic heterocycles. The molecule has 6 rings (SSSR count). The van der Waals surface area contributed by atoms with E-state index >= 15 is 0 Å². The molecule has 34 heavy (non-hydrogen) atoms. The Labute approximate surface area is 206 Å². The van der Waals surface area contributed by atoms with E-state index < -0.39 is 0 Å². The summed E-state index contributed by atoms with van der Waals surface area (Å²) in [5.74, 6) is 0. The minimum atomic E-state index is -0.0635. The molecule has 1 aliphatic rings. The maximum atomic E-state index is 6.37. The largest absolute Gasteiger partial charge is 0.0843 e. The monoisotopic (exact) mass is 456 g/mol. The van der Waals surface area contributed by atoms with Crippen LogP contribution in [-0.2, 0) is 5.41 Å². The molecule has 0 nitrogen and oxygen atoms in total. The Kier molecular flexibility index (Phi) is 4.94. The summed E-state index contributed by atoms with van der Waals surface area (Å²) in [4.78, 5) is 0. The highest BCUT2D eigenvalue weighted by Gasteiger charge is 2.36. The van der Waals surface area contributed by atoms with Crippen LogP contribution in [0.1, 0.15) is 25.0 Å². The summed E-state index contributed by atoms with van der Waals surface area (Å²) in [5, 5.41) is 0.795. The molecule has 0 saturated carbocycles. The first-order valence-corrected chi connectivity index (χ1v) is 12.1. The molecule has 0 N–H and O–H groups in total. The van der Waals surface area contributed by atoms with Gasteiger partial charge in [0.2, 0.25) is 0 Å². The van der Waals surface area contributed by atoms with Crippen molar-refractivity contribution in [3.8, 4) is 44.5 Å². The average molecular weight is 457 g/mol. The smallest absolute Gasteiger partial charge is 0.0409 e. The summed E-state index contributed by atoms with van der Waals surface area (Å²) in [6, 6.07) is 41.3. The Morgan fingerprint density at radius 3 is 1.65 bits per heavy atom. The van der Waals surface area contributed by atoms with Crippen molar-refractivity contribution in [1.82, 2.24) is 0 Å². The van der Waals surface area contributed by atoms with Gasteiger partial charge in [0, 0.05) is 10.4 Å². The van der Waals surface area contributed by atoms with E-state index in [1.807, 2.05) is 6.07 Å². The van der Waals surface area contributed by atoms with E-state index in [9.17, 15) is 0 Å². The molecule has 164 valence electrons. The fraction of sp³-hybridized carbons (Fsp3) is 0.0909. The molecule has 0 aliphatic heterocycles. The third-order valence-corrected chi connectivity index (χ3v) is 7.42. The molecule has 0 spiro atoms. The minimum absolute atomic E-state index is 0.0635. The number of fused-ring (bicyclic) bond motifs is 3. The van der Waals surface area contributed by atoms with Crippen LogP contribution >= 0.6 is 11.6 Å².